The average Bonchev–Trinajstić information content (AvgIpc) is 2.59. The van der Waals surface area contributed by atoms with Gasteiger partial charge in [-0.15, -0.1) is 0 Å². The monoisotopic (exact) mass is 379 g/mol. The number of nitrogens with one attached hydrogen (secondary N) is 1. The second kappa shape index (κ2) is 8.68. The van der Waals surface area contributed by atoms with Gasteiger partial charge in [-0.1, -0.05) is 0 Å². The Morgan fingerprint density at radius 3 is 2.27 bits per heavy atom. The summed E-state index contributed by atoms with van der Waals surface area (Å²) in [5.41, 5.74) is 0.270. The number of rotatable bonds is 8. The fourth-order valence-electron chi connectivity index (χ4n) is 2.05. The molecule has 2 aromatic carbocycles. The van der Waals surface area contributed by atoms with Crippen LogP contribution in [0.25, 0.3) is 0 Å². The van der Waals surface area contributed by atoms with Crippen molar-refractivity contribution in [2.24, 2.45) is 0 Å². The Bertz CT molecular complexity index is 829. The molecule has 0 saturated carbocycles. The molecule has 0 aliphatic rings. The van der Waals surface area contributed by atoms with Gasteiger partial charge in [0.15, 0.2) is 0 Å². The first-order valence-electron chi connectivity index (χ1n) is 8.00. The van der Waals surface area contributed by atoms with E-state index in [1.807, 2.05) is 13.8 Å². The second-order valence-electron chi connectivity index (χ2n) is 5.72. The van der Waals surface area contributed by atoms with Gasteiger partial charge in [-0.25, -0.2) is 17.9 Å². The molecule has 0 spiro atoms. The Morgan fingerprint density at radius 1 is 1.08 bits per heavy atom. The van der Waals surface area contributed by atoms with Gasteiger partial charge in [0.25, 0.3) is 0 Å². The van der Waals surface area contributed by atoms with Gasteiger partial charge in [0, 0.05) is 6.54 Å². The maximum absolute atomic E-state index is 12.2. The summed E-state index contributed by atoms with van der Waals surface area (Å²) in [5.74, 6) is 0.0280. The van der Waals surface area contributed by atoms with E-state index >= 15 is 0 Å². The maximum Gasteiger partial charge on any atom is 0.338 e. The second-order valence-corrected chi connectivity index (χ2v) is 7.49. The van der Waals surface area contributed by atoms with E-state index in [1.165, 1.54) is 36.4 Å². The highest BCUT2D eigenvalue weighted by molar-refractivity contribution is 7.89. The molecule has 26 heavy (non-hydrogen) atoms. The zero-order valence-corrected chi connectivity index (χ0v) is 15.3. The first-order chi connectivity index (χ1) is 12.3. The minimum atomic E-state index is -3.70. The number of esters is 1. The minimum Gasteiger partial charge on any atom is -0.508 e. The number of ether oxygens (including phenoxy) is 2. The third-order valence-corrected chi connectivity index (χ3v) is 4.71. The summed E-state index contributed by atoms with van der Waals surface area (Å²) >= 11 is 0. The van der Waals surface area contributed by atoms with Crippen LogP contribution in [-0.2, 0) is 14.8 Å². The summed E-state index contributed by atoms with van der Waals surface area (Å²) < 4.78 is 37.2. The Kier molecular flexibility index (Phi) is 6.59. The van der Waals surface area contributed by atoms with E-state index in [-0.39, 0.29) is 35.5 Å². The molecule has 0 unspecified atom stereocenters. The van der Waals surface area contributed by atoms with Crippen LogP contribution in [-0.4, -0.2) is 38.7 Å². The van der Waals surface area contributed by atoms with Crippen LogP contribution in [0.5, 0.6) is 11.5 Å². The van der Waals surface area contributed by atoms with E-state index < -0.39 is 16.0 Å². The van der Waals surface area contributed by atoms with Crippen molar-refractivity contribution in [2.45, 2.75) is 24.8 Å². The number of phenols is 1. The van der Waals surface area contributed by atoms with E-state index in [0.717, 1.165) is 0 Å². The van der Waals surface area contributed by atoms with E-state index in [4.69, 9.17) is 9.47 Å². The Morgan fingerprint density at radius 2 is 1.69 bits per heavy atom. The van der Waals surface area contributed by atoms with Crippen molar-refractivity contribution >= 4 is 16.0 Å². The minimum absolute atomic E-state index is 0.00107. The first-order valence-corrected chi connectivity index (χ1v) is 9.49. The summed E-state index contributed by atoms with van der Waals surface area (Å²) in [5, 5.41) is 9.17. The van der Waals surface area contributed by atoms with Gasteiger partial charge in [0.05, 0.1) is 16.6 Å². The van der Waals surface area contributed by atoms with Crippen molar-refractivity contribution in [3.05, 3.63) is 54.1 Å². The summed E-state index contributed by atoms with van der Waals surface area (Å²) in [6.07, 6.45) is -0.00107. The van der Waals surface area contributed by atoms with Crippen LogP contribution in [0.2, 0.25) is 0 Å². The molecule has 0 aliphatic carbocycles. The number of aromatic hydroxyl groups is 1. The Balaban J connectivity index is 1.84. The standard InChI is InChI=1S/C18H21NO6S/c1-13(2)25-16-7-9-17(10-8-16)26(22,23)19-11-12-24-18(21)14-3-5-15(20)6-4-14/h3-10,13,19-20H,11-12H2,1-2H3. The van der Waals surface area contributed by atoms with Crippen molar-refractivity contribution in [3.63, 3.8) is 0 Å². The normalized spacial score (nSPS) is 11.3. The van der Waals surface area contributed by atoms with Crippen LogP contribution in [0.4, 0.5) is 0 Å². The maximum atomic E-state index is 12.2. The molecule has 2 aromatic rings. The Labute approximate surface area is 152 Å². The van der Waals surface area contributed by atoms with Gasteiger partial charge < -0.3 is 14.6 Å². The molecule has 140 valence electrons. The molecule has 2 rings (SSSR count). The molecule has 0 amide bonds. The molecular weight excluding hydrogens is 358 g/mol. The molecule has 0 aliphatic heterocycles. The molecular formula is C18H21NO6S. The van der Waals surface area contributed by atoms with Gasteiger partial charge in [-0.2, -0.15) is 0 Å². The fourth-order valence-corrected chi connectivity index (χ4v) is 3.07. The quantitative estimate of drug-likeness (QED) is 0.539. The predicted molar refractivity (Wildman–Crippen MR) is 95.8 cm³/mol. The van der Waals surface area contributed by atoms with Gasteiger partial charge in [0.2, 0.25) is 10.0 Å². The number of sulfonamides is 1. The van der Waals surface area contributed by atoms with Crippen LogP contribution < -0.4 is 9.46 Å². The third-order valence-electron chi connectivity index (χ3n) is 3.24. The van der Waals surface area contributed by atoms with Gasteiger partial charge in [0.1, 0.15) is 18.1 Å². The molecule has 0 bridgehead atoms. The smallest absolute Gasteiger partial charge is 0.338 e. The van der Waals surface area contributed by atoms with Gasteiger partial charge >= 0.3 is 5.97 Å². The number of hydrogen-bond acceptors (Lipinski definition) is 6. The van der Waals surface area contributed by atoms with Crippen molar-refractivity contribution in [2.75, 3.05) is 13.2 Å². The van der Waals surface area contributed by atoms with Crippen LogP contribution in [0.1, 0.15) is 24.2 Å². The average molecular weight is 379 g/mol. The highest BCUT2D eigenvalue weighted by Gasteiger charge is 2.14. The number of carbonyl (C=O) groups excluding carboxylic acids is 1. The Hall–Kier alpha value is -2.58. The number of benzene rings is 2. The topological polar surface area (TPSA) is 102 Å². The lowest BCUT2D eigenvalue weighted by Crippen LogP contribution is -2.28. The van der Waals surface area contributed by atoms with E-state index in [0.29, 0.717) is 5.75 Å². The lowest BCUT2D eigenvalue weighted by atomic mass is 10.2. The molecule has 0 aromatic heterocycles. The fraction of sp³-hybridized carbons (Fsp3) is 0.278. The molecule has 0 saturated heterocycles. The SMILES string of the molecule is CC(C)Oc1ccc(S(=O)(=O)NCCOC(=O)c2ccc(O)cc2)cc1. The van der Waals surface area contributed by atoms with E-state index in [2.05, 4.69) is 4.72 Å². The lowest BCUT2D eigenvalue weighted by molar-refractivity contribution is 0.0513. The largest absolute Gasteiger partial charge is 0.508 e. The summed E-state index contributed by atoms with van der Waals surface area (Å²) in [4.78, 5) is 11.9. The predicted octanol–water partition coefficient (Wildman–Crippen LogP) is 2.31. The summed E-state index contributed by atoms with van der Waals surface area (Å²) in [6.45, 7) is 3.58. The molecule has 0 heterocycles. The van der Waals surface area contributed by atoms with Crippen molar-refractivity contribution in [3.8, 4) is 11.5 Å². The molecule has 0 radical (unpaired) electrons. The van der Waals surface area contributed by atoms with Crippen LogP contribution in [0.3, 0.4) is 0 Å². The lowest BCUT2D eigenvalue weighted by Gasteiger charge is -2.11. The highest BCUT2D eigenvalue weighted by Crippen LogP contribution is 2.17. The zero-order valence-electron chi connectivity index (χ0n) is 14.5. The summed E-state index contributed by atoms with van der Waals surface area (Å²) in [6, 6.07) is 11.6. The molecule has 0 atom stereocenters. The zero-order chi connectivity index (χ0) is 19.2. The molecule has 7 nitrogen and oxygen atoms in total. The van der Waals surface area contributed by atoms with Crippen molar-refractivity contribution in [1.82, 2.24) is 4.72 Å². The number of carbonyl (C=O) groups is 1. The van der Waals surface area contributed by atoms with Crippen LogP contribution in [0.15, 0.2) is 53.4 Å². The number of phenolic OH excluding ortho intramolecular Hbond substituents is 1. The van der Waals surface area contributed by atoms with E-state index in [9.17, 15) is 18.3 Å². The van der Waals surface area contributed by atoms with Gasteiger partial charge in [-0.05, 0) is 62.4 Å². The van der Waals surface area contributed by atoms with Crippen molar-refractivity contribution in [1.29, 1.82) is 0 Å². The van der Waals surface area contributed by atoms with Crippen LogP contribution >= 0.6 is 0 Å². The molecule has 8 heteroatoms. The molecule has 2 N–H and O–H groups in total. The highest BCUT2D eigenvalue weighted by atomic mass is 32.2. The van der Waals surface area contributed by atoms with E-state index in [1.54, 1.807) is 12.1 Å². The van der Waals surface area contributed by atoms with Gasteiger partial charge in [-0.3, -0.25) is 0 Å². The molecule has 0 fully saturated rings. The number of hydrogen-bond donors (Lipinski definition) is 2. The third kappa shape index (κ3) is 5.75. The van der Waals surface area contributed by atoms with Crippen molar-refractivity contribution < 1.29 is 27.8 Å². The summed E-state index contributed by atoms with van der Waals surface area (Å²) in [7, 11) is -3.70. The first kappa shape index (κ1) is 19.7. The van der Waals surface area contributed by atoms with Crippen LogP contribution in [0, 0.1) is 0 Å².